The van der Waals surface area contributed by atoms with Crippen molar-refractivity contribution in [1.29, 1.82) is 0 Å². The maximum atomic E-state index is 4.20. The summed E-state index contributed by atoms with van der Waals surface area (Å²) in [7, 11) is 0. The molecule has 2 atom stereocenters. The van der Waals surface area contributed by atoms with E-state index in [1.54, 1.807) is 0 Å². The van der Waals surface area contributed by atoms with Crippen LogP contribution in [0.1, 0.15) is 56.4 Å². The van der Waals surface area contributed by atoms with Crippen LogP contribution in [0.25, 0.3) is 55.4 Å². The summed E-state index contributed by atoms with van der Waals surface area (Å²) in [5.74, 6) is 0. The first-order chi connectivity index (χ1) is 35.0. The third-order valence-corrected chi connectivity index (χ3v) is 13.6. The van der Waals surface area contributed by atoms with Crippen LogP contribution in [-0.2, 0) is 12.8 Å². The minimum Gasteiger partial charge on any atom is -0.358 e. The van der Waals surface area contributed by atoms with Crippen LogP contribution in [0.2, 0.25) is 0 Å². The van der Waals surface area contributed by atoms with Gasteiger partial charge in [-0.15, -0.1) is 6.58 Å². The second kappa shape index (κ2) is 22.9. The summed E-state index contributed by atoms with van der Waals surface area (Å²) < 4.78 is 0. The third kappa shape index (κ3) is 11.0. The molecule has 8 aromatic rings. The molecule has 0 saturated heterocycles. The van der Waals surface area contributed by atoms with Crippen LogP contribution in [0.5, 0.6) is 0 Å². The number of fused-ring (bicyclic) bond motifs is 4. The minimum absolute atomic E-state index is 0.116. The molecule has 0 amide bonds. The number of allylic oxidation sites excluding steroid dienone is 10. The lowest BCUT2D eigenvalue weighted by atomic mass is 9.96. The molecule has 1 heterocycles. The summed E-state index contributed by atoms with van der Waals surface area (Å²) in [4.78, 5) is 5.01. The molecule has 0 fully saturated rings. The number of benzene rings is 8. The molecule has 2 nitrogen and oxygen atoms in total. The first-order valence-corrected chi connectivity index (χ1v) is 25.2. The van der Waals surface area contributed by atoms with Crippen molar-refractivity contribution in [2.45, 2.75) is 59.0 Å². The molecule has 0 bridgehead atoms. The fourth-order valence-electron chi connectivity index (χ4n) is 10.2. The summed E-state index contributed by atoms with van der Waals surface area (Å²) in [6, 6.07) is 64.8. The maximum Gasteiger partial charge on any atom is 0.0513 e. The number of hydrogen-bond donors (Lipinski definition) is 0. The Labute approximate surface area is 422 Å². The van der Waals surface area contributed by atoms with Crippen LogP contribution in [0.15, 0.2) is 261 Å². The van der Waals surface area contributed by atoms with Crippen LogP contribution in [0, 0.1) is 0 Å². The zero-order valence-electron chi connectivity index (χ0n) is 41.6. The molecule has 0 radical (unpaired) electrons. The average Bonchev–Trinajstić information content (AvgIpc) is 3.48. The van der Waals surface area contributed by atoms with Crippen molar-refractivity contribution in [3.05, 3.63) is 283 Å². The van der Waals surface area contributed by atoms with Crippen molar-refractivity contribution < 1.29 is 0 Å². The summed E-state index contributed by atoms with van der Waals surface area (Å²) in [6.07, 6.45) is 31.2. The molecule has 2 unspecified atom stereocenters. The topological polar surface area (TPSA) is 6.48 Å². The standard InChI is InChI=1S/C69H64N2/c1-6-10-12-23-52-24-17-29-59(49-52)54-36-42-64(43-37-54)71(65-44-38-55(39-45-65)60-41-47-67-61(50-60)35-34-56-27-15-16-31-66(56)67)63(22-9-4)46-40-57-28-19-33-69-68(57)32-18-30-58(53-25-13-11-14-26-53)48-51(5)70(69)62(20-7-2)21-8-3/h6-19,21-31,33-39,41-51,62H,2,20,32,40H2,1,3-5H3/b10-6-,21-8-,22-9-,23-12-,30-18-,58-48+,63-46+. The number of hydrogen-bond acceptors (Lipinski definition) is 2. The van der Waals surface area contributed by atoms with Gasteiger partial charge in [-0.3, -0.25) is 0 Å². The van der Waals surface area contributed by atoms with Gasteiger partial charge in [-0.2, -0.15) is 0 Å². The smallest absolute Gasteiger partial charge is 0.0513 e. The third-order valence-electron chi connectivity index (χ3n) is 13.6. The second-order valence-corrected chi connectivity index (χ2v) is 18.3. The van der Waals surface area contributed by atoms with Crippen LogP contribution < -0.4 is 9.80 Å². The molecule has 1 aliphatic rings. The van der Waals surface area contributed by atoms with E-state index >= 15 is 0 Å². The van der Waals surface area contributed by atoms with Crippen molar-refractivity contribution in [2.24, 2.45) is 0 Å². The molecular weight excluding hydrogens is 857 g/mol. The lowest BCUT2D eigenvalue weighted by Crippen LogP contribution is -2.40. The molecule has 8 aromatic carbocycles. The van der Waals surface area contributed by atoms with E-state index in [2.05, 4.69) is 286 Å². The zero-order valence-corrected chi connectivity index (χ0v) is 41.6. The summed E-state index contributed by atoms with van der Waals surface area (Å²) in [6.45, 7) is 12.8. The molecule has 9 rings (SSSR count). The number of rotatable bonds is 15. The van der Waals surface area contributed by atoms with Gasteiger partial charge < -0.3 is 9.80 Å². The molecule has 0 spiro atoms. The summed E-state index contributed by atoms with van der Waals surface area (Å²) >= 11 is 0. The monoisotopic (exact) mass is 921 g/mol. The van der Waals surface area contributed by atoms with Gasteiger partial charge in [0, 0.05) is 28.8 Å². The van der Waals surface area contributed by atoms with Gasteiger partial charge in [0.25, 0.3) is 0 Å². The predicted molar refractivity (Wildman–Crippen MR) is 310 cm³/mol. The highest BCUT2D eigenvalue weighted by molar-refractivity contribution is 6.08. The van der Waals surface area contributed by atoms with Crippen molar-refractivity contribution in [3.63, 3.8) is 0 Å². The van der Waals surface area contributed by atoms with Gasteiger partial charge in [-0.05, 0) is 167 Å². The molecule has 350 valence electrons. The van der Waals surface area contributed by atoms with Crippen molar-refractivity contribution >= 4 is 50.3 Å². The van der Waals surface area contributed by atoms with Gasteiger partial charge in [0.05, 0.1) is 6.04 Å². The highest BCUT2D eigenvalue weighted by Gasteiger charge is 2.25. The normalized spacial score (nSPS) is 16.0. The van der Waals surface area contributed by atoms with Crippen LogP contribution in [-0.4, -0.2) is 12.1 Å². The lowest BCUT2D eigenvalue weighted by molar-refractivity contribution is 0.646. The van der Waals surface area contributed by atoms with Gasteiger partial charge in [0.2, 0.25) is 0 Å². The van der Waals surface area contributed by atoms with Crippen LogP contribution >= 0.6 is 0 Å². The minimum atomic E-state index is 0.116. The summed E-state index contributed by atoms with van der Waals surface area (Å²) in [5.41, 5.74) is 15.6. The first-order valence-electron chi connectivity index (χ1n) is 25.2. The van der Waals surface area contributed by atoms with Crippen LogP contribution in [0.4, 0.5) is 17.1 Å². The second-order valence-electron chi connectivity index (χ2n) is 18.3. The van der Waals surface area contributed by atoms with E-state index in [0.29, 0.717) is 0 Å². The molecule has 0 saturated carbocycles. The van der Waals surface area contributed by atoms with Crippen molar-refractivity contribution in [2.75, 3.05) is 9.80 Å². The quantitative estimate of drug-likeness (QED) is 0.0574. The van der Waals surface area contributed by atoms with Gasteiger partial charge >= 0.3 is 0 Å². The van der Waals surface area contributed by atoms with E-state index in [0.717, 1.165) is 36.3 Å². The SMILES string of the molecule is C=CCC(/C=C\C)N1c2cccc(C/C=C(\C=C/C)N(c3ccc(-c4cccc(/C=C\C=C/C)c4)cc3)c3ccc(-c4ccc5c(ccc6ccccc65)c4)cc3)c2C/C=C\C(c2ccccc2)=C/C1C. The molecule has 0 aromatic heterocycles. The van der Waals surface area contributed by atoms with Gasteiger partial charge in [0.1, 0.15) is 0 Å². The molecule has 1 aliphatic heterocycles. The van der Waals surface area contributed by atoms with Gasteiger partial charge in [-0.1, -0.05) is 206 Å². The van der Waals surface area contributed by atoms with E-state index in [9.17, 15) is 0 Å². The number of anilines is 3. The zero-order chi connectivity index (χ0) is 48.9. The summed E-state index contributed by atoms with van der Waals surface area (Å²) in [5, 5.41) is 5.07. The number of nitrogens with zero attached hydrogens (tertiary/aromatic N) is 2. The Hall–Kier alpha value is -8.20. The van der Waals surface area contributed by atoms with E-state index in [1.807, 2.05) is 13.0 Å². The van der Waals surface area contributed by atoms with Crippen molar-refractivity contribution in [1.82, 2.24) is 0 Å². The first kappa shape index (κ1) is 47.8. The molecule has 71 heavy (non-hydrogen) atoms. The van der Waals surface area contributed by atoms with Crippen LogP contribution in [0.3, 0.4) is 0 Å². The Morgan fingerprint density at radius 1 is 0.634 bits per heavy atom. The van der Waals surface area contributed by atoms with Gasteiger partial charge in [-0.25, -0.2) is 0 Å². The Morgan fingerprint density at radius 2 is 1.31 bits per heavy atom. The Morgan fingerprint density at radius 3 is 2.04 bits per heavy atom. The fraction of sp³-hybridized carbons (Fsp3) is 0.130. The Kier molecular flexibility index (Phi) is 15.5. The molecule has 0 aliphatic carbocycles. The van der Waals surface area contributed by atoms with E-state index < -0.39 is 0 Å². The van der Waals surface area contributed by atoms with E-state index in [4.69, 9.17) is 0 Å². The van der Waals surface area contributed by atoms with Gasteiger partial charge in [0.15, 0.2) is 0 Å². The largest absolute Gasteiger partial charge is 0.358 e. The fourth-order valence-corrected chi connectivity index (χ4v) is 10.2. The van der Waals surface area contributed by atoms with E-state index in [1.165, 1.54) is 77.3 Å². The highest BCUT2D eigenvalue weighted by atomic mass is 15.2. The molecule has 0 N–H and O–H groups in total. The van der Waals surface area contributed by atoms with Crippen molar-refractivity contribution in [3.8, 4) is 22.3 Å². The average molecular weight is 921 g/mol. The molecule has 2 heteroatoms. The molecular formula is C69H64N2. The maximum absolute atomic E-state index is 4.20. The Balaban J connectivity index is 1.12. The highest BCUT2D eigenvalue weighted by Crippen LogP contribution is 2.38. The van der Waals surface area contributed by atoms with E-state index in [-0.39, 0.29) is 12.1 Å². The predicted octanol–water partition coefficient (Wildman–Crippen LogP) is 18.7. The lowest BCUT2D eigenvalue weighted by Gasteiger charge is -2.37. The Bertz CT molecular complexity index is 3340.